The van der Waals surface area contributed by atoms with Crippen molar-refractivity contribution in [2.75, 3.05) is 42.3 Å². The molecule has 13 heteroatoms. The predicted octanol–water partition coefficient (Wildman–Crippen LogP) is 3.98. The van der Waals surface area contributed by atoms with E-state index in [1.54, 1.807) is 12.1 Å². The van der Waals surface area contributed by atoms with E-state index in [0.29, 0.717) is 37.2 Å². The van der Waals surface area contributed by atoms with Gasteiger partial charge in [-0.2, -0.15) is 13.2 Å². The summed E-state index contributed by atoms with van der Waals surface area (Å²) in [6.07, 6.45) is 3.90. The van der Waals surface area contributed by atoms with Crippen LogP contribution in [-0.4, -0.2) is 57.1 Å². The highest BCUT2D eigenvalue weighted by Crippen LogP contribution is 2.36. The Hall–Kier alpha value is -4.13. The number of halogens is 3. The number of aromatic nitrogens is 5. The molecule has 2 aliphatic rings. The first-order chi connectivity index (χ1) is 18.3. The van der Waals surface area contributed by atoms with Crippen LogP contribution in [0.25, 0.3) is 17.0 Å². The van der Waals surface area contributed by atoms with Crippen molar-refractivity contribution in [3.63, 3.8) is 0 Å². The Morgan fingerprint density at radius 3 is 2.63 bits per heavy atom. The van der Waals surface area contributed by atoms with Crippen LogP contribution in [0.4, 0.5) is 30.5 Å². The van der Waals surface area contributed by atoms with E-state index in [0.717, 1.165) is 44.2 Å². The summed E-state index contributed by atoms with van der Waals surface area (Å²) in [7, 11) is 0. The Balaban J connectivity index is 1.50. The van der Waals surface area contributed by atoms with E-state index in [1.165, 1.54) is 6.20 Å². The second kappa shape index (κ2) is 10.7. The summed E-state index contributed by atoms with van der Waals surface area (Å²) in [6, 6.07) is 3.62. The molecule has 10 nitrogen and oxygen atoms in total. The van der Waals surface area contributed by atoms with Gasteiger partial charge in [0, 0.05) is 25.5 Å². The van der Waals surface area contributed by atoms with Crippen LogP contribution in [0.2, 0.25) is 0 Å². The molecule has 1 saturated heterocycles. The van der Waals surface area contributed by atoms with Crippen molar-refractivity contribution in [2.24, 2.45) is 0 Å². The van der Waals surface area contributed by atoms with Gasteiger partial charge in [0.15, 0.2) is 23.2 Å². The lowest BCUT2D eigenvalue weighted by Gasteiger charge is -2.29. The molecule has 0 spiro atoms. The van der Waals surface area contributed by atoms with Crippen LogP contribution in [0, 0.1) is 0 Å². The fourth-order valence-corrected chi connectivity index (χ4v) is 4.40. The maximum absolute atomic E-state index is 13.9. The number of anilines is 3. The summed E-state index contributed by atoms with van der Waals surface area (Å²) >= 11 is 0. The largest absolute Gasteiger partial charge is 0.420 e. The summed E-state index contributed by atoms with van der Waals surface area (Å²) in [6.45, 7) is 2.37. The number of hydrogen-bond acceptors (Lipinski definition) is 9. The molecule has 1 fully saturated rings. The van der Waals surface area contributed by atoms with Gasteiger partial charge in [-0.25, -0.2) is 24.9 Å². The Morgan fingerprint density at radius 1 is 1.08 bits per heavy atom. The maximum atomic E-state index is 13.9. The lowest BCUT2D eigenvalue weighted by molar-refractivity contribution is -0.137. The van der Waals surface area contributed by atoms with E-state index in [9.17, 15) is 18.0 Å². The summed E-state index contributed by atoms with van der Waals surface area (Å²) in [5.74, 6) is -0.557. The first kappa shape index (κ1) is 25.5. The number of alkyl halides is 3. The number of rotatable bonds is 5. The van der Waals surface area contributed by atoms with Crippen molar-refractivity contribution in [3.05, 3.63) is 53.9 Å². The van der Waals surface area contributed by atoms with Crippen molar-refractivity contribution in [1.29, 1.82) is 0 Å². The average Bonchev–Trinajstić information content (AvgIpc) is 2.94. The summed E-state index contributed by atoms with van der Waals surface area (Å²) < 4.78 is 46.9. The lowest BCUT2D eigenvalue weighted by atomic mass is 10.1. The third-order valence-electron chi connectivity index (χ3n) is 6.32. The molecule has 3 N–H and O–H groups in total. The molecular weight excluding hydrogens is 501 g/mol. The molecule has 0 radical (unpaired) electrons. The molecule has 0 aliphatic carbocycles. The number of amides is 1. The molecule has 0 atom stereocenters. The molecule has 5 rings (SSSR count). The van der Waals surface area contributed by atoms with Crippen molar-refractivity contribution in [1.82, 2.24) is 24.9 Å². The number of nitrogens with two attached hydrogens (primary N) is 1. The van der Waals surface area contributed by atoms with Gasteiger partial charge in [0.1, 0.15) is 17.0 Å². The van der Waals surface area contributed by atoms with Crippen LogP contribution in [0.1, 0.15) is 47.6 Å². The molecule has 0 aromatic carbocycles. The molecule has 3 aromatic rings. The summed E-state index contributed by atoms with van der Waals surface area (Å²) in [4.78, 5) is 35.9. The highest BCUT2D eigenvalue weighted by atomic mass is 19.4. The number of pyridine rings is 1. The molecule has 0 bridgehead atoms. The smallest absolute Gasteiger partial charge is 0.382 e. The number of ether oxygens (including phenoxy) is 1. The topological polar surface area (TPSA) is 132 Å². The number of hydrogen-bond donors (Lipinski definition) is 2. The SMILES string of the molecule is Nc1ncc(-c2nc(C3=CCOCC3)ncc2C(F)(F)F)nc1C(=O)Nc1ncccc1N1CCCCC1. The molecule has 0 unspecified atom stereocenters. The van der Waals surface area contributed by atoms with Gasteiger partial charge in [-0.05, 0) is 43.4 Å². The first-order valence-electron chi connectivity index (χ1n) is 12.2. The number of nitrogens with zero attached hydrogens (tertiary/aromatic N) is 6. The van der Waals surface area contributed by atoms with Crippen LogP contribution in [0.5, 0.6) is 0 Å². The van der Waals surface area contributed by atoms with E-state index in [2.05, 4.69) is 35.1 Å². The molecule has 5 heterocycles. The van der Waals surface area contributed by atoms with Gasteiger partial charge in [-0.3, -0.25) is 4.79 Å². The predicted molar refractivity (Wildman–Crippen MR) is 134 cm³/mol. The highest BCUT2D eigenvalue weighted by molar-refractivity contribution is 6.06. The molecule has 0 saturated carbocycles. The Bertz CT molecular complexity index is 1370. The van der Waals surface area contributed by atoms with Crippen LogP contribution < -0.4 is 16.0 Å². The van der Waals surface area contributed by atoms with Crippen molar-refractivity contribution in [3.8, 4) is 11.4 Å². The average molecular weight is 527 g/mol. The van der Waals surface area contributed by atoms with Gasteiger partial charge in [0.25, 0.3) is 5.91 Å². The zero-order valence-electron chi connectivity index (χ0n) is 20.3. The Kier molecular flexibility index (Phi) is 7.18. The van der Waals surface area contributed by atoms with E-state index in [-0.39, 0.29) is 23.0 Å². The first-order valence-corrected chi connectivity index (χ1v) is 12.2. The maximum Gasteiger partial charge on any atom is 0.420 e. The molecular formula is C25H25F3N8O2. The van der Waals surface area contributed by atoms with E-state index < -0.39 is 23.3 Å². The van der Waals surface area contributed by atoms with Crippen molar-refractivity contribution < 1.29 is 22.7 Å². The minimum Gasteiger partial charge on any atom is -0.382 e. The van der Waals surface area contributed by atoms with E-state index >= 15 is 0 Å². The standard InChI is InChI=1S/C25H25F3N8O2/c26-25(27,28)16-13-32-22(15-6-11-38-12-7-15)34-19(16)17-14-31-21(29)20(33-17)24(37)35-23-18(5-4-8-30-23)36-9-2-1-3-10-36/h4-6,8,13-14H,1-3,7,9-12H2,(H2,29,31)(H,30,35,37). The highest BCUT2D eigenvalue weighted by Gasteiger charge is 2.36. The third kappa shape index (κ3) is 5.42. The zero-order valence-corrected chi connectivity index (χ0v) is 20.3. The van der Waals surface area contributed by atoms with E-state index in [1.807, 2.05) is 6.07 Å². The molecule has 38 heavy (non-hydrogen) atoms. The zero-order chi connectivity index (χ0) is 26.7. The number of nitrogens with one attached hydrogen (secondary N) is 1. The number of carbonyl (C=O) groups is 1. The van der Waals surface area contributed by atoms with Gasteiger partial charge >= 0.3 is 6.18 Å². The van der Waals surface area contributed by atoms with Crippen molar-refractivity contribution >= 4 is 28.8 Å². The Morgan fingerprint density at radius 2 is 1.89 bits per heavy atom. The van der Waals surface area contributed by atoms with Crippen LogP contribution >= 0.6 is 0 Å². The van der Waals surface area contributed by atoms with Gasteiger partial charge in [-0.15, -0.1) is 0 Å². The van der Waals surface area contributed by atoms with Gasteiger partial charge < -0.3 is 20.7 Å². The molecule has 3 aromatic heterocycles. The molecule has 2 aliphatic heterocycles. The van der Waals surface area contributed by atoms with Crippen LogP contribution in [0.15, 0.2) is 36.8 Å². The lowest BCUT2D eigenvalue weighted by Crippen LogP contribution is -2.31. The third-order valence-corrected chi connectivity index (χ3v) is 6.32. The fourth-order valence-electron chi connectivity index (χ4n) is 4.40. The van der Waals surface area contributed by atoms with Gasteiger partial charge in [0.2, 0.25) is 0 Å². The van der Waals surface area contributed by atoms with Crippen LogP contribution in [-0.2, 0) is 10.9 Å². The number of carbonyl (C=O) groups excluding carboxylic acids is 1. The summed E-state index contributed by atoms with van der Waals surface area (Å²) in [5, 5.41) is 2.70. The second-order valence-electron chi connectivity index (χ2n) is 8.87. The minimum absolute atomic E-state index is 0.126. The van der Waals surface area contributed by atoms with Crippen LogP contribution in [0.3, 0.4) is 0 Å². The minimum atomic E-state index is -4.76. The monoisotopic (exact) mass is 526 g/mol. The molecule has 198 valence electrons. The molecule has 1 amide bonds. The normalized spacial score (nSPS) is 16.2. The van der Waals surface area contributed by atoms with E-state index in [4.69, 9.17) is 10.5 Å². The quantitative estimate of drug-likeness (QED) is 0.507. The van der Waals surface area contributed by atoms with Crippen molar-refractivity contribution in [2.45, 2.75) is 31.9 Å². The van der Waals surface area contributed by atoms with Gasteiger partial charge in [0.05, 0.1) is 25.1 Å². The number of piperidine rings is 1. The Labute approximate surface area is 216 Å². The second-order valence-corrected chi connectivity index (χ2v) is 8.87. The van der Waals surface area contributed by atoms with Gasteiger partial charge in [-0.1, -0.05) is 6.08 Å². The fraction of sp³-hybridized carbons (Fsp3) is 0.360. The summed E-state index contributed by atoms with van der Waals surface area (Å²) in [5.41, 5.74) is 5.14. The number of nitrogen functional groups attached to an aromatic ring is 1.